The highest BCUT2D eigenvalue weighted by atomic mass is 14.7. The molecule has 0 unspecified atom stereocenters. The summed E-state index contributed by atoms with van der Waals surface area (Å²) < 4.78 is 0. The minimum Gasteiger partial charge on any atom is -0.354 e. The number of nitrogens with one attached hydrogen (secondary N) is 1. The molecule has 0 amide bonds. The second kappa shape index (κ2) is 3.34. The summed E-state index contributed by atoms with van der Waals surface area (Å²) in [6.07, 6.45) is 1.88. The van der Waals surface area contributed by atoms with Crippen molar-refractivity contribution in [2.75, 3.05) is 0 Å². The van der Waals surface area contributed by atoms with Gasteiger partial charge < -0.3 is 4.98 Å². The summed E-state index contributed by atoms with van der Waals surface area (Å²) in [5.74, 6) is 0.447. The number of pyridine rings is 1. The van der Waals surface area contributed by atoms with Gasteiger partial charge in [-0.05, 0) is 18.1 Å². The molecule has 0 aliphatic heterocycles. The lowest BCUT2D eigenvalue weighted by Crippen LogP contribution is -1.92. The first-order valence-electron chi connectivity index (χ1n) is 5.62. The molecule has 3 aromatic rings. The lowest BCUT2D eigenvalue weighted by atomic mass is 10.0. The van der Waals surface area contributed by atoms with E-state index in [0.717, 1.165) is 0 Å². The van der Waals surface area contributed by atoms with Crippen LogP contribution in [0.5, 0.6) is 0 Å². The van der Waals surface area contributed by atoms with E-state index in [1.807, 2.05) is 12.3 Å². The number of para-hydroxylation sites is 1. The van der Waals surface area contributed by atoms with Crippen molar-refractivity contribution >= 4 is 21.8 Å². The van der Waals surface area contributed by atoms with Crippen LogP contribution >= 0.6 is 0 Å². The van der Waals surface area contributed by atoms with Crippen LogP contribution in [0.1, 0.15) is 25.5 Å². The zero-order valence-corrected chi connectivity index (χ0v) is 9.49. The molecule has 2 heterocycles. The first kappa shape index (κ1) is 9.40. The lowest BCUT2D eigenvalue weighted by molar-refractivity contribution is 0.835. The van der Waals surface area contributed by atoms with Gasteiger partial charge in [-0.2, -0.15) is 0 Å². The number of nitrogens with zero attached hydrogens (tertiary/aromatic N) is 1. The monoisotopic (exact) mass is 210 g/mol. The SMILES string of the molecule is CC(C)c1nccc2[nH]c3ccccc3c12. The molecule has 2 aromatic heterocycles. The fraction of sp³-hybridized carbons (Fsp3) is 0.214. The molecule has 0 atom stereocenters. The van der Waals surface area contributed by atoms with Crippen LogP contribution in [0.15, 0.2) is 36.5 Å². The third-order valence-electron chi connectivity index (χ3n) is 2.99. The highest BCUT2D eigenvalue weighted by Crippen LogP contribution is 2.30. The van der Waals surface area contributed by atoms with Crippen molar-refractivity contribution in [1.82, 2.24) is 9.97 Å². The molecule has 1 aromatic carbocycles. The van der Waals surface area contributed by atoms with Gasteiger partial charge in [0.05, 0.1) is 5.69 Å². The number of aromatic amines is 1. The van der Waals surface area contributed by atoms with Crippen LogP contribution in [0, 0.1) is 0 Å². The van der Waals surface area contributed by atoms with E-state index in [2.05, 4.69) is 48.1 Å². The average Bonchev–Trinajstić information content (AvgIpc) is 2.66. The van der Waals surface area contributed by atoms with Crippen molar-refractivity contribution in [2.24, 2.45) is 0 Å². The van der Waals surface area contributed by atoms with E-state index < -0.39 is 0 Å². The van der Waals surface area contributed by atoms with Gasteiger partial charge in [0.15, 0.2) is 0 Å². The zero-order valence-electron chi connectivity index (χ0n) is 9.49. The predicted molar refractivity (Wildman–Crippen MR) is 67.7 cm³/mol. The molecule has 3 rings (SSSR count). The summed E-state index contributed by atoms with van der Waals surface area (Å²) >= 11 is 0. The number of fused-ring (bicyclic) bond motifs is 3. The van der Waals surface area contributed by atoms with Crippen LogP contribution in [0.4, 0.5) is 0 Å². The van der Waals surface area contributed by atoms with E-state index in [1.165, 1.54) is 27.5 Å². The molecule has 0 saturated heterocycles. The Kier molecular flexibility index (Phi) is 1.96. The van der Waals surface area contributed by atoms with Gasteiger partial charge in [-0.25, -0.2) is 0 Å². The van der Waals surface area contributed by atoms with E-state index in [4.69, 9.17) is 0 Å². The third-order valence-corrected chi connectivity index (χ3v) is 2.99. The van der Waals surface area contributed by atoms with Gasteiger partial charge in [0.25, 0.3) is 0 Å². The first-order valence-corrected chi connectivity index (χ1v) is 5.62. The fourth-order valence-electron chi connectivity index (χ4n) is 2.26. The summed E-state index contributed by atoms with van der Waals surface area (Å²) in [5, 5.41) is 2.54. The van der Waals surface area contributed by atoms with Crippen LogP contribution in [0.25, 0.3) is 21.8 Å². The molecule has 0 aliphatic rings. The minimum atomic E-state index is 0.447. The summed E-state index contributed by atoms with van der Waals surface area (Å²) in [6.45, 7) is 4.37. The van der Waals surface area contributed by atoms with Gasteiger partial charge in [0.2, 0.25) is 0 Å². The Morgan fingerprint density at radius 2 is 1.88 bits per heavy atom. The van der Waals surface area contributed by atoms with Crippen LogP contribution in [0.3, 0.4) is 0 Å². The maximum Gasteiger partial charge on any atom is 0.0528 e. The standard InChI is InChI=1S/C14H14N2/c1-9(2)14-13-10-5-3-4-6-11(10)16-12(13)7-8-15-14/h3-9,16H,1-2H3. The van der Waals surface area contributed by atoms with Crippen molar-refractivity contribution in [3.8, 4) is 0 Å². The Balaban J connectivity index is 2.53. The second-order valence-corrected chi connectivity index (χ2v) is 4.44. The molecule has 0 spiro atoms. The largest absolute Gasteiger partial charge is 0.354 e. The van der Waals surface area contributed by atoms with Gasteiger partial charge >= 0.3 is 0 Å². The van der Waals surface area contributed by atoms with Crippen molar-refractivity contribution in [1.29, 1.82) is 0 Å². The summed E-state index contributed by atoms with van der Waals surface area (Å²) in [5.41, 5.74) is 3.54. The molecule has 80 valence electrons. The first-order chi connectivity index (χ1) is 7.77. The quantitative estimate of drug-likeness (QED) is 0.649. The molecule has 0 saturated carbocycles. The summed E-state index contributed by atoms with van der Waals surface area (Å²) in [4.78, 5) is 7.94. The maximum atomic E-state index is 4.51. The van der Waals surface area contributed by atoms with Crippen molar-refractivity contribution in [3.63, 3.8) is 0 Å². The normalized spacial score (nSPS) is 11.7. The van der Waals surface area contributed by atoms with Gasteiger partial charge in [0.1, 0.15) is 0 Å². The Hall–Kier alpha value is -1.83. The number of hydrogen-bond acceptors (Lipinski definition) is 1. The highest BCUT2D eigenvalue weighted by molar-refractivity contribution is 6.08. The lowest BCUT2D eigenvalue weighted by Gasteiger charge is -2.05. The number of benzene rings is 1. The van der Waals surface area contributed by atoms with Crippen LogP contribution < -0.4 is 0 Å². The molecule has 2 nitrogen and oxygen atoms in total. The summed E-state index contributed by atoms with van der Waals surface area (Å²) in [6, 6.07) is 10.4. The molecule has 0 aliphatic carbocycles. The van der Waals surface area contributed by atoms with Gasteiger partial charge in [-0.3, -0.25) is 4.98 Å². The Morgan fingerprint density at radius 1 is 1.06 bits per heavy atom. The Bertz CT molecular complexity index is 650. The van der Waals surface area contributed by atoms with Crippen molar-refractivity contribution in [3.05, 3.63) is 42.2 Å². The number of aromatic nitrogens is 2. The Morgan fingerprint density at radius 3 is 2.69 bits per heavy atom. The second-order valence-electron chi connectivity index (χ2n) is 4.44. The van der Waals surface area contributed by atoms with Crippen molar-refractivity contribution in [2.45, 2.75) is 19.8 Å². The molecule has 16 heavy (non-hydrogen) atoms. The maximum absolute atomic E-state index is 4.51. The molecule has 0 radical (unpaired) electrons. The van der Waals surface area contributed by atoms with E-state index in [-0.39, 0.29) is 0 Å². The number of rotatable bonds is 1. The molecular weight excluding hydrogens is 196 g/mol. The topological polar surface area (TPSA) is 28.7 Å². The molecule has 0 bridgehead atoms. The molecule has 1 N–H and O–H groups in total. The van der Waals surface area contributed by atoms with Crippen LogP contribution in [-0.4, -0.2) is 9.97 Å². The smallest absolute Gasteiger partial charge is 0.0528 e. The number of H-pyrrole nitrogens is 1. The van der Waals surface area contributed by atoms with Crippen LogP contribution in [-0.2, 0) is 0 Å². The van der Waals surface area contributed by atoms with Gasteiger partial charge in [-0.15, -0.1) is 0 Å². The van der Waals surface area contributed by atoms with Crippen molar-refractivity contribution < 1.29 is 0 Å². The summed E-state index contributed by atoms with van der Waals surface area (Å²) in [7, 11) is 0. The number of hydrogen-bond donors (Lipinski definition) is 1. The minimum absolute atomic E-state index is 0.447. The van der Waals surface area contributed by atoms with Gasteiger partial charge in [0, 0.05) is 28.0 Å². The molecule has 0 fully saturated rings. The predicted octanol–water partition coefficient (Wildman–Crippen LogP) is 3.84. The highest BCUT2D eigenvalue weighted by Gasteiger charge is 2.11. The van der Waals surface area contributed by atoms with E-state index >= 15 is 0 Å². The third kappa shape index (κ3) is 1.23. The van der Waals surface area contributed by atoms with E-state index in [9.17, 15) is 0 Å². The average molecular weight is 210 g/mol. The Labute approximate surface area is 94.3 Å². The molecule has 2 heteroatoms. The zero-order chi connectivity index (χ0) is 11.1. The van der Waals surface area contributed by atoms with Crippen LogP contribution in [0.2, 0.25) is 0 Å². The van der Waals surface area contributed by atoms with Gasteiger partial charge in [-0.1, -0.05) is 32.0 Å². The fourth-order valence-corrected chi connectivity index (χ4v) is 2.26. The van der Waals surface area contributed by atoms with E-state index in [0.29, 0.717) is 5.92 Å². The molecular formula is C14H14N2. The van der Waals surface area contributed by atoms with E-state index in [1.54, 1.807) is 0 Å².